The second-order valence-corrected chi connectivity index (χ2v) is 4.75. The molecule has 1 heterocycles. The molecule has 0 aliphatic rings. The van der Waals surface area contributed by atoms with Crippen molar-refractivity contribution >= 4 is 5.82 Å². The van der Waals surface area contributed by atoms with Crippen molar-refractivity contribution in [2.24, 2.45) is 0 Å². The van der Waals surface area contributed by atoms with Gasteiger partial charge in [0, 0.05) is 25.4 Å². The second-order valence-electron chi connectivity index (χ2n) is 4.75. The van der Waals surface area contributed by atoms with E-state index < -0.39 is 0 Å². The molecule has 20 heavy (non-hydrogen) atoms. The first-order valence-electron chi connectivity index (χ1n) is 6.93. The first kappa shape index (κ1) is 14.5. The molecule has 1 aromatic heterocycles. The third-order valence-corrected chi connectivity index (χ3v) is 3.01. The van der Waals surface area contributed by atoms with Gasteiger partial charge >= 0.3 is 0 Å². The molecule has 0 amide bonds. The number of hydrogen-bond donors (Lipinski definition) is 1. The zero-order valence-corrected chi connectivity index (χ0v) is 12.1. The lowest BCUT2D eigenvalue weighted by molar-refractivity contribution is 0.185. The zero-order valence-electron chi connectivity index (χ0n) is 12.1. The van der Waals surface area contributed by atoms with Gasteiger partial charge in [0.25, 0.3) is 0 Å². The van der Waals surface area contributed by atoms with Gasteiger partial charge in [0.05, 0.1) is 6.61 Å². The Morgan fingerprint density at radius 1 is 1.15 bits per heavy atom. The van der Waals surface area contributed by atoms with E-state index in [2.05, 4.69) is 40.4 Å². The van der Waals surface area contributed by atoms with Crippen LogP contribution in [0.4, 0.5) is 5.82 Å². The van der Waals surface area contributed by atoms with E-state index in [1.807, 2.05) is 12.1 Å². The van der Waals surface area contributed by atoms with Crippen molar-refractivity contribution in [3.05, 3.63) is 53.5 Å². The van der Waals surface area contributed by atoms with Crippen LogP contribution in [0, 0.1) is 0 Å². The van der Waals surface area contributed by atoms with Crippen molar-refractivity contribution < 1.29 is 4.74 Å². The Labute approximate surface area is 120 Å². The number of methoxy groups -OCH3 is 1. The standard InChI is InChI=1S/C16H21N3O/c1-3-5-15-9-16(19-12-18-15)17-10-13-6-4-7-14(8-13)11-20-2/h4,6-9,12H,3,5,10-11H2,1-2H3,(H,17,18,19). The van der Waals surface area contributed by atoms with Crippen molar-refractivity contribution in [2.75, 3.05) is 12.4 Å². The fourth-order valence-electron chi connectivity index (χ4n) is 2.08. The molecule has 0 unspecified atom stereocenters. The van der Waals surface area contributed by atoms with Crippen molar-refractivity contribution in [3.8, 4) is 0 Å². The fraction of sp³-hybridized carbons (Fsp3) is 0.375. The Morgan fingerprint density at radius 2 is 2.00 bits per heavy atom. The average molecular weight is 271 g/mol. The molecule has 1 aromatic carbocycles. The van der Waals surface area contributed by atoms with Gasteiger partial charge in [0.1, 0.15) is 12.1 Å². The topological polar surface area (TPSA) is 47.0 Å². The summed E-state index contributed by atoms with van der Waals surface area (Å²) in [7, 11) is 1.71. The first-order chi connectivity index (χ1) is 9.81. The van der Waals surface area contributed by atoms with Crippen molar-refractivity contribution in [1.82, 2.24) is 9.97 Å². The molecule has 0 aliphatic carbocycles. The summed E-state index contributed by atoms with van der Waals surface area (Å²) in [4.78, 5) is 8.50. The van der Waals surface area contributed by atoms with E-state index in [0.717, 1.165) is 30.9 Å². The molecule has 2 rings (SSSR count). The third-order valence-electron chi connectivity index (χ3n) is 3.01. The van der Waals surface area contributed by atoms with E-state index in [9.17, 15) is 0 Å². The highest BCUT2D eigenvalue weighted by molar-refractivity contribution is 5.36. The quantitative estimate of drug-likeness (QED) is 0.840. The van der Waals surface area contributed by atoms with Crippen LogP contribution in [-0.4, -0.2) is 17.1 Å². The van der Waals surface area contributed by atoms with Crippen LogP contribution < -0.4 is 5.32 Å². The number of hydrogen-bond acceptors (Lipinski definition) is 4. The van der Waals surface area contributed by atoms with Crippen LogP contribution in [0.15, 0.2) is 36.7 Å². The molecule has 0 spiro atoms. The molecule has 0 bridgehead atoms. The summed E-state index contributed by atoms with van der Waals surface area (Å²) in [5.74, 6) is 0.876. The molecule has 106 valence electrons. The van der Waals surface area contributed by atoms with Crippen LogP contribution in [0.1, 0.15) is 30.2 Å². The monoisotopic (exact) mass is 271 g/mol. The third kappa shape index (κ3) is 4.31. The number of anilines is 1. The molecule has 4 heteroatoms. The Morgan fingerprint density at radius 3 is 2.80 bits per heavy atom. The number of benzene rings is 1. The summed E-state index contributed by atoms with van der Waals surface area (Å²) in [5.41, 5.74) is 3.48. The Kier molecular flexibility index (Phi) is 5.50. The van der Waals surface area contributed by atoms with Crippen molar-refractivity contribution in [3.63, 3.8) is 0 Å². The SMILES string of the molecule is CCCc1cc(NCc2cccc(COC)c2)ncn1. The van der Waals surface area contributed by atoms with Gasteiger partial charge in [-0.1, -0.05) is 37.6 Å². The minimum absolute atomic E-state index is 0.641. The first-order valence-corrected chi connectivity index (χ1v) is 6.93. The van der Waals surface area contributed by atoms with Gasteiger partial charge in [-0.05, 0) is 17.5 Å². The Bertz CT molecular complexity index is 493. The molecule has 0 radical (unpaired) electrons. The lowest BCUT2D eigenvalue weighted by Gasteiger charge is -2.08. The average Bonchev–Trinajstić information content (AvgIpc) is 2.47. The van der Waals surface area contributed by atoms with E-state index in [-0.39, 0.29) is 0 Å². The highest BCUT2D eigenvalue weighted by Gasteiger charge is 2.00. The Hall–Kier alpha value is -1.94. The second kappa shape index (κ2) is 7.60. The van der Waals surface area contributed by atoms with Gasteiger partial charge < -0.3 is 10.1 Å². The van der Waals surface area contributed by atoms with Gasteiger partial charge in [0.15, 0.2) is 0 Å². The normalized spacial score (nSPS) is 10.5. The number of nitrogens with one attached hydrogen (secondary N) is 1. The summed E-state index contributed by atoms with van der Waals surface area (Å²) in [6.07, 6.45) is 3.70. The van der Waals surface area contributed by atoms with Crippen LogP contribution in [0.5, 0.6) is 0 Å². The maximum absolute atomic E-state index is 5.15. The smallest absolute Gasteiger partial charge is 0.129 e. The molecule has 0 saturated heterocycles. The van der Waals surface area contributed by atoms with Gasteiger partial charge in [-0.25, -0.2) is 9.97 Å². The van der Waals surface area contributed by atoms with Crippen LogP contribution in [0.3, 0.4) is 0 Å². The fourth-order valence-corrected chi connectivity index (χ4v) is 2.08. The summed E-state index contributed by atoms with van der Waals surface area (Å²) in [6.45, 7) is 3.54. The zero-order chi connectivity index (χ0) is 14.2. The van der Waals surface area contributed by atoms with E-state index in [0.29, 0.717) is 6.61 Å². The molecule has 0 atom stereocenters. The van der Waals surface area contributed by atoms with Gasteiger partial charge in [-0.15, -0.1) is 0 Å². The molecular formula is C16H21N3O. The van der Waals surface area contributed by atoms with Crippen LogP contribution in [-0.2, 0) is 24.3 Å². The molecule has 0 fully saturated rings. The lowest BCUT2D eigenvalue weighted by atomic mass is 10.1. The van der Waals surface area contributed by atoms with Crippen molar-refractivity contribution in [2.45, 2.75) is 32.9 Å². The maximum Gasteiger partial charge on any atom is 0.129 e. The van der Waals surface area contributed by atoms with Gasteiger partial charge in [-0.2, -0.15) is 0 Å². The number of ether oxygens (including phenoxy) is 1. The van der Waals surface area contributed by atoms with Crippen LogP contribution >= 0.6 is 0 Å². The number of aryl methyl sites for hydroxylation is 1. The maximum atomic E-state index is 5.15. The number of aromatic nitrogens is 2. The summed E-state index contributed by atoms with van der Waals surface area (Å²) >= 11 is 0. The molecule has 1 N–H and O–H groups in total. The number of rotatable bonds is 7. The largest absolute Gasteiger partial charge is 0.380 e. The van der Waals surface area contributed by atoms with E-state index in [1.54, 1.807) is 13.4 Å². The molecule has 0 aliphatic heterocycles. The van der Waals surface area contributed by atoms with Crippen LogP contribution in [0.2, 0.25) is 0 Å². The summed E-state index contributed by atoms with van der Waals surface area (Å²) in [5, 5.41) is 3.34. The molecular weight excluding hydrogens is 250 g/mol. The van der Waals surface area contributed by atoms with Crippen molar-refractivity contribution in [1.29, 1.82) is 0 Å². The van der Waals surface area contributed by atoms with Crippen LogP contribution in [0.25, 0.3) is 0 Å². The molecule has 2 aromatic rings. The predicted octanol–water partition coefficient (Wildman–Crippen LogP) is 3.19. The molecule has 0 saturated carbocycles. The minimum Gasteiger partial charge on any atom is -0.380 e. The predicted molar refractivity (Wildman–Crippen MR) is 80.5 cm³/mol. The summed E-state index contributed by atoms with van der Waals surface area (Å²) < 4.78 is 5.15. The minimum atomic E-state index is 0.641. The van der Waals surface area contributed by atoms with Gasteiger partial charge in [0.2, 0.25) is 0 Å². The number of nitrogens with zero attached hydrogens (tertiary/aromatic N) is 2. The summed E-state index contributed by atoms with van der Waals surface area (Å²) in [6, 6.07) is 10.4. The molecule has 4 nitrogen and oxygen atoms in total. The Balaban J connectivity index is 1.97. The van der Waals surface area contributed by atoms with E-state index >= 15 is 0 Å². The van der Waals surface area contributed by atoms with E-state index in [1.165, 1.54) is 11.1 Å². The lowest BCUT2D eigenvalue weighted by Crippen LogP contribution is -2.03. The van der Waals surface area contributed by atoms with Gasteiger partial charge in [-0.3, -0.25) is 0 Å². The van der Waals surface area contributed by atoms with E-state index in [4.69, 9.17) is 4.74 Å². The highest BCUT2D eigenvalue weighted by atomic mass is 16.5. The highest BCUT2D eigenvalue weighted by Crippen LogP contribution is 2.10.